The maximum Gasteiger partial charge on any atom is 0.363 e. The van der Waals surface area contributed by atoms with E-state index in [0.717, 1.165) is 22.5 Å². The molecule has 1 heterocycles. The Hall–Kier alpha value is -4.05. The van der Waals surface area contributed by atoms with Gasteiger partial charge in [0.2, 0.25) is 18.7 Å². The highest BCUT2D eigenvalue weighted by atomic mass is 32.1. The average Bonchev–Trinajstić information content (AvgIpc) is 3.29. The number of methoxy groups -OCH3 is 1. The number of carbonyl (C=O) groups is 3. The predicted octanol–water partition coefficient (Wildman–Crippen LogP) is 2.94. The third-order valence-corrected chi connectivity index (χ3v) is 4.89. The van der Waals surface area contributed by atoms with Crippen LogP contribution in [0.4, 0.5) is 5.13 Å². The second kappa shape index (κ2) is 11.4. The summed E-state index contributed by atoms with van der Waals surface area (Å²) in [6.45, 7) is -0.502. The second-order valence-electron chi connectivity index (χ2n) is 6.20. The van der Waals surface area contributed by atoms with Gasteiger partial charge in [0.25, 0.3) is 0 Å². The average molecular weight is 453 g/mol. The van der Waals surface area contributed by atoms with Crippen molar-refractivity contribution in [3.8, 4) is 0 Å². The van der Waals surface area contributed by atoms with Crippen molar-refractivity contribution in [1.29, 1.82) is 0 Å². The highest BCUT2D eigenvalue weighted by Gasteiger charge is 2.26. The first-order valence-electron chi connectivity index (χ1n) is 9.36. The number of oxime groups is 1. The summed E-state index contributed by atoms with van der Waals surface area (Å²) >= 11 is 1.09. The van der Waals surface area contributed by atoms with Crippen molar-refractivity contribution in [3.05, 3.63) is 82.9 Å². The maximum atomic E-state index is 13.1. The summed E-state index contributed by atoms with van der Waals surface area (Å²) < 4.78 is 10.3. The molecule has 0 saturated heterocycles. The van der Waals surface area contributed by atoms with Crippen molar-refractivity contribution in [2.45, 2.75) is 6.10 Å². The molecule has 0 aliphatic rings. The molecule has 0 bridgehead atoms. The van der Waals surface area contributed by atoms with Crippen LogP contribution in [-0.4, -0.2) is 42.8 Å². The molecular formula is C22H19N3O6S. The first kappa shape index (κ1) is 22.6. The van der Waals surface area contributed by atoms with Crippen LogP contribution in [0.25, 0.3) is 0 Å². The van der Waals surface area contributed by atoms with E-state index in [2.05, 4.69) is 20.2 Å². The molecule has 10 heteroatoms. The highest BCUT2D eigenvalue weighted by Crippen LogP contribution is 2.27. The first-order valence-corrected chi connectivity index (χ1v) is 10.2. The Balaban J connectivity index is 1.91. The molecule has 1 aromatic heterocycles. The number of benzene rings is 2. The molecule has 9 nitrogen and oxygen atoms in total. The van der Waals surface area contributed by atoms with Crippen LogP contribution < -0.4 is 5.32 Å². The molecule has 0 aliphatic carbocycles. The fourth-order valence-electron chi connectivity index (χ4n) is 2.64. The standard InChI is InChI=1S/C22H19N3O6S/c1-29-18(27)12-30-25-19(17-13-32-22(24-17)23-14-26)21(28)31-20(15-8-4-2-5-9-15)16-10-6-3-7-11-16/h2-11,13-14,20H,12H2,1H3,(H,23,24,26)/b25-19-. The smallest absolute Gasteiger partial charge is 0.363 e. The number of ether oxygens (including phenoxy) is 2. The topological polar surface area (TPSA) is 116 Å². The minimum absolute atomic E-state index is 0.120. The van der Waals surface area contributed by atoms with E-state index in [9.17, 15) is 14.4 Å². The van der Waals surface area contributed by atoms with E-state index in [-0.39, 0.29) is 16.5 Å². The van der Waals surface area contributed by atoms with Crippen LogP contribution in [0, 0.1) is 0 Å². The summed E-state index contributed by atoms with van der Waals surface area (Å²) in [5, 5.41) is 7.93. The molecule has 0 aliphatic heterocycles. The van der Waals surface area contributed by atoms with E-state index in [4.69, 9.17) is 9.57 Å². The summed E-state index contributed by atoms with van der Waals surface area (Å²) in [5.74, 6) is -1.50. The van der Waals surface area contributed by atoms with Gasteiger partial charge < -0.3 is 19.6 Å². The van der Waals surface area contributed by atoms with Gasteiger partial charge >= 0.3 is 11.9 Å². The van der Waals surface area contributed by atoms with Crippen molar-refractivity contribution in [2.75, 3.05) is 19.0 Å². The molecule has 32 heavy (non-hydrogen) atoms. The van der Waals surface area contributed by atoms with Crippen LogP contribution >= 0.6 is 11.3 Å². The Morgan fingerprint density at radius 3 is 2.28 bits per heavy atom. The zero-order valence-corrected chi connectivity index (χ0v) is 17.8. The molecule has 1 amide bonds. The van der Waals surface area contributed by atoms with Crippen LogP contribution in [0.5, 0.6) is 0 Å². The Labute approximate surface area is 187 Å². The maximum absolute atomic E-state index is 13.1. The normalized spacial score (nSPS) is 11.0. The second-order valence-corrected chi connectivity index (χ2v) is 7.05. The molecule has 0 fully saturated rings. The van der Waals surface area contributed by atoms with E-state index in [1.165, 1.54) is 12.5 Å². The summed E-state index contributed by atoms with van der Waals surface area (Å²) in [7, 11) is 1.20. The molecule has 0 atom stereocenters. The molecular weight excluding hydrogens is 434 g/mol. The summed E-state index contributed by atoms with van der Waals surface area (Å²) in [4.78, 5) is 44.3. The van der Waals surface area contributed by atoms with Gasteiger partial charge in [-0.2, -0.15) is 0 Å². The molecule has 1 N–H and O–H groups in total. The number of amides is 1. The van der Waals surface area contributed by atoms with Crippen LogP contribution in [-0.2, 0) is 28.7 Å². The number of nitrogens with zero attached hydrogens (tertiary/aromatic N) is 2. The minimum atomic E-state index is -0.824. The Bertz CT molecular complexity index is 1050. The monoisotopic (exact) mass is 453 g/mol. The number of hydrogen-bond donors (Lipinski definition) is 1. The molecule has 0 unspecified atom stereocenters. The molecule has 0 spiro atoms. The summed E-state index contributed by atoms with van der Waals surface area (Å²) in [6, 6.07) is 18.4. The van der Waals surface area contributed by atoms with Crippen LogP contribution in [0.1, 0.15) is 22.9 Å². The third kappa shape index (κ3) is 5.99. The fourth-order valence-corrected chi connectivity index (χ4v) is 3.30. The van der Waals surface area contributed by atoms with E-state index < -0.39 is 24.6 Å². The van der Waals surface area contributed by atoms with E-state index in [1.807, 2.05) is 60.7 Å². The fraction of sp³-hybridized carbons (Fsp3) is 0.136. The van der Waals surface area contributed by atoms with E-state index in [1.54, 1.807) is 0 Å². The SMILES string of the molecule is COC(=O)CO/N=C(\C(=O)OC(c1ccccc1)c1ccccc1)c1csc(NC=O)n1. The van der Waals surface area contributed by atoms with Gasteiger partial charge in [0.05, 0.1) is 7.11 Å². The molecule has 3 aromatic rings. The largest absolute Gasteiger partial charge is 0.466 e. The van der Waals surface area contributed by atoms with Crippen molar-refractivity contribution in [3.63, 3.8) is 0 Å². The van der Waals surface area contributed by atoms with Gasteiger partial charge in [-0.25, -0.2) is 14.6 Å². The molecule has 164 valence electrons. The lowest BCUT2D eigenvalue weighted by atomic mass is 10.0. The quantitative estimate of drug-likeness (QED) is 0.217. The van der Waals surface area contributed by atoms with Crippen LogP contribution in [0.15, 0.2) is 71.2 Å². The molecule has 2 aromatic carbocycles. The number of anilines is 1. The van der Waals surface area contributed by atoms with Gasteiger partial charge in [-0.05, 0) is 11.1 Å². The highest BCUT2D eigenvalue weighted by molar-refractivity contribution is 7.14. The number of carbonyl (C=O) groups excluding carboxylic acids is 3. The van der Waals surface area contributed by atoms with Gasteiger partial charge in [-0.3, -0.25) is 4.79 Å². The van der Waals surface area contributed by atoms with Crippen LogP contribution in [0.3, 0.4) is 0 Å². The third-order valence-electron chi connectivity index (χ3n) is 4.12. The number of esters is 2. The van der Waals surface area contributed by atoms with Crippen molar-refractivity contribution < 1.29 is 28.7 Å². The van der Waals surface area contributed by atoms with Gasteiger partial charge in [-0.15, -0.1) is 11.3 Å². The van der Waals surface area contributed by atoms with Crippen LogP contribution in [0.2, 0.25) is 0 Å². The Kier molecular flexibility index (Phi) is 8.04. The molecule has 3 rings (SSSR count). The lowest BCUT2D eigenvalue weighted by molar-refractivity contribution is -0.146. The molecule has 0 saturated carbocycles. The van der Waals surface area contributed by atoms with Gasteiger partial charge in [0.15, 0.2) is 11.2 Å². The predicted molar refractivity (Wildman–Crippen MR) is 117 cm³/mol. The minimum Gasteiger partial charge on any atom is -0.466 e. The number of rotatable bonds is 10. The van der Waals surface area contributed by atoms with Gasteiger partial charge in [0, 0.05) is 5.38 Å². The summed E-state index contributed by atoms with van der Waals surface area (Å²) in [5.41, 5.74) is 1.36. The zero-order valence-electron chi connectivity index (χ0n) is 17.0. The number of aromatic nitrogens is 1. The molecule has 0 radical (unpaired) electrons. The first-order chi connectivity index (χ1) is 15.6. The van der Waals surface area contributed by atoms with Crippen molar-refractivity contribution >= 4 is 40.5 Å². The summed E-state index contributed by atoms with van der Waals surface area (Å²) in [6.07, 6.45) is -0.256. The van der Waals surface area contributed by atoms with Gasteiger partial charge in [0.1, 0.15) is 5.69 Å². The van der Waals surface area contributed by atoms with Crippen molar-refractivity contribution in [1.82, 2.24) is 4.98 Å². The van der Waals surface area contributed by atoms with E-state index in [0.29, 0.717) is 6.41 Å². The number of thiazole rings is 1. The number of hydrogen-bond acceptors (Lipinski definition) is 9. The zero-order chi connectivity index (χ0) is 22.8. The van der Waals surface area contributed by atoms with Crippen molar-refractivity contribution in [2.24, 2.45) is 5.16 Å². The van der Waals surface area contributed by atoms with Gasteiger partial charge in [-0.1, -0.05) is 65.8 Å². The Morgan fingerprint density at radius 2 is 1.72 bits per heavy atom. The lowest BCUT2D eigenvalue weighted by Gasteiger charge is -2.19. The Morgan fingerprint density at radius 1 is 1.09 bits per heavy atom. The lowest BCUT2D eigenvalue weighted by Crippen LogP contribution is -2.23. The number of nitrogens with one attached hydrogen (secondary N) is 1. The van der Waals surface area contributed by atoms with E-state index >= 15 is 0 Å².